The highest BCUT2D eigenvalue weighted by atomic mass is 15.1. The van der Waals surface area contributed by atoms with E-state index in [1.807, 2.05) is 0 Å². The van der Waals surface area contributed by atoms with Gasteiger partial charge in [-0.15, -0.1) is 0 Å². The maximum absolute atomic E-state index is 3.55. The average Bonchev–Trinajstić information content (AvgIpc) is 2.61. The fourth-order valence-corrected chi connectivity index (χ4v) is 2.68. The monoisotopic (exact) mass is 255 g/mol. The molecule has 1 fully saturated rings. The van der Waals surface area contributed by atoms with Gasteiger partial charge in [-0.2, -0.15) is 0 Å². The molecule has 0 bridgehead atoms. The summed E-state index contributed by atoms with van der Waals surface area (Å²) in [5, 5.41) is 3.55. The standard InChI is InChI=1S/C15H33N3/c1-15(2,3)16-9-6-7-10-17(4)12-14-8-11-18(5)13-14/h14,16H,6-13H2,1-5H3. The molecule has 0 amide bonds. The van der Waals surface area contributed by atoms with Gasteiger partial charge in [0.2, 0.25) is 0 Å². The second-order valence-corrected chi connectivity index (χ2v) is 7.06. The molecule has 1 unspecified atom stereocenters. The molecule has 0 saturated carbocycles. The fourth-order valence-electron chi connectivity index (χ4n) is 2.68. The molecule has 18 heavy (non-hydrogen) atoms. The van der Waals surface area contributed by atoms with Crippen LogP contribution in [0.3, 0.4) is 0 Å². The number of nitrogens with one attached hydrogen (secondary N) is 1. The predicted octanol–water partition coefficient (Wildman–Crippen LogP) is 2.04. The number of unbranched alkanes of at least 4 members (excludes halogenated alkanes) is 1. The van der Waals surface area contributed by atoms with E-state index in [0.717, 1.165) is 12.5 Å². The van der Waals surface area contributed by atoms with Gasteiger partial charge in [0.15, 0.2) is 0 Å². The van der Waals surface area contributed by atoms with E-state index in [1.54, 1.807) is 0 Å². The van der Waals surface area contributed by atoms with Crippen molar-refractivity contribution in [2.45, 2.75) is 45.6 Å². The average molecular weight is 255 g/mol. The Bertz CT molecular complexity index is 222. The van der Waals surface area contributed by atoms with Gasteiger partial charge in [0.1, 0.15) is 0 Å². The van der Waals surface area contributed by atoms with Gasteiger partial charge in [-0.05, 0) is 79.7 Å². The molecule has 1 aliphatic heterocycles. The summed E-state index contributed by atoms with van der Waals surface area (Å²) in [5.74, 6) is 0.896. The Hall–Kier alpha value is -0.120. The molecule has 0 aromatic carbocycles. The summed E-state index contributed by atoms with van der Waals surface area (Å²) in [6, 6.07) is 0. The van der Waals surface area contributed by atoms with Crippen molar-refractivity contribution >= 4 is 0 Å². The first-order chi connectivity index (χ1) is 8.37. The van der Waals surface area contributed by atoms with E-state index >= 15 is 0 Å². The van der Waals surface area contributed by atoms with Crippen LogP contribution < -0.4 is 5.32 Å². The molecule has 0 aromatic heterocycles. The zero-order valence-corrected chi connectivity index (χ0v) is 13.1. The second-order valence-electron chi connectivity index (χ2n) is 7.06. The third kappa shape index (κ3) is 7.34. The van der Waals surface area contributed by atoms with E-state index in [4.69, 9.17) is 0 Å². The fraction of sp³-hybridized carbons (Fsp3) is 1.00. The minimum atomic E-state index is 0.264. The summed E-state index contributed by atoms with van der Waals surface area (Å²) in [6.45, 7) is 12.9. The van der Waals surface area contributed by atoms with Crippen LogP contribution in [0, 0.1) is 5.92 Å². The first-order valence-electron chi connectivity index (χ1n) is 7.49. The Labute approximate surface area is 114 Å². The molecule has 1 aliphatic rings. The van der Waals surface area contributed by atoms with Crippen LogP contribution in [0.2, 0.25) is 0 Å². The molecule has 3 nitrogen and oxygen atoms in total. The van der Waals surface area contributed by atoms with Crippen molar-refractivity contribution in [3.8, 4) is 0 Å². The first kappa shape index (κ1) is 15.9. The topological polar surface area (TPSA) is 18.5 Å². The van der Waals surface area contributed by atoms with Crippen LogP contribution >= 0.6 is 0 Å². The van der Waals surface area contributed by atoms with Gasteiger partial charge in [0.25, 0.3) is 0 Å². The summed E-state index contributed by atoms with van der Waals surface area (Å²) in [7, 11) is 4.51. The van der Waals surface area contributed by atoms with Crippen LogP contribution in [0.5, 0.6) is 0 Å². The molecule has 108 valence electrons. The Balaban J connectivity index is 1.98. The number of likely N-dealkylation sites (tertiary alicyclic amines) is 1. The van der Waals surface area contributed by atoms with Crippen molar-refractivity contribution < 1.29 is 0 Å². The second kappa shape index (κ2) is 7.46. The number of rotatable bonds is 7. The smallest absolute Gasteiger partial charge is 0.00965 e. The third-order valence-corrected chi connectivity index (χ3v) is 3.68. The van der Waals surface area contributed by atoms with Gasteiger partial charge >= 0.3 is 0 Å². The van der Waals surface area contributed by atoms with Crippen molar-refractivity contribution in [3.05, 3.63) is 0 Å². The van der Waals surface area contributed by atoms with Crippen LogP contribution in [0.4, 0.5) is 0 Å². The molecule has 0 aromatic rings. The molecule has 3 heteroatoms. The van der Waals surface area contributed by atoms with Crippen LogP contribution in [0.15, 0.2) is 0 Å². The molecule has 1 saturated heterocycles. The maximum atomic E-state index is 3.55. The number of nitrogens with zero attached hydrogens (tertiary/aromatic N) is 2. The molecule has 1 atom stereocenters. The van der Waals surface area contributed by atoms with Crippen molar-refractivity contribution in [2.75, 3.05) is 46.8 Å². The van der Waals surface area contributed by atoms with E-state index in [-0.39, 0.29) is 5.54 Å². The zero-order chi connectivity index (χ0) is 13.6. The lowest BCUT2D eigenvalue weighted by Gasteiger charge is -2.22. The quantitative estimate of drug-likeness (QED) is 0.702. The zero-order valence-electron chi connectivity index (χ0n) is 13.1. The number of hydrogen-bond acceptors (Lipinski definition) is 3. The maximum Gasteiger partial charge on any atom is 0.00965 e. The van der Waals surface area contributed by atoms with Crippen LogP contribution in [0.1, 0.15) is 40.0 Å². The minimum absolute atomic E-state index is 0.264. The molecular weight excluding hydrogens is 222 g/mol. The summed E-state index contributed by atoms with van der Waals surface area (Å²) in [5.41, 5.74) is 0.264. The highest BCUT2D eigenvalue weighted by Gasteiger charge is 2.20. The van der Waals surface area contributed by atoms with Crippen molar-refractivity contribution in [1.29, 1.82) is 0 Å². The Morgan fingerprint density at radius 1 is 1.28 bits per heavy atom. The van der Waals surface area contributed by atoms with Gasteiger partial charge in [0, 0.05) is 18.6 Å². The first-order valence-corrected chi connectivity index (χ1v) is 7.49. The lowest BCUT2D eigenvalue weighted by Crippen LogP contribution is -2.36. The van der Waals surface area contributed by atoms with Crippen molar-refractivity contribution in [2.24, 2.45) is 5.92 Å². The van der Waals surface area contributed by atoms with Crippen molar-refractivity contribution in [3.63, 3.8) is 0 Å². The molecule has 0 aliphatic carbocycles. The summed E-state index contributed by atoms with van der Waals surface area (Å²) >= 11 is 0. The highest BCUT2D eigenvalue weighted by molar-refractivity contribution is 4.75. The van der Waals surface area contributed by atoms with Gasteiger partial charge in [0.05, 0.1) is 0 Å². The van der Waals surface area contributed by atoms with Gasteiger partial charge in [-0.1, -0.05) is 0 Å². The Kier molecular flexibility index (Phi) is 6.61. The highest BCUT2D eigenvalue weighted by Crippen LogP contribution is 2.15. The van der Waals surface area contributed by atoms with Crippen LogP contribution in [-0.2, 0) is 0 Å². The lowest BCUT2D eigenvalue weighted by atomic mass is 10.1. The SMILES string of the molecule is CN(CCCCNC(C)(C)C)CC1CCN(C)C1. The molecular formula is C15H33N3. The number of hydrogen-bond donors (Lipinski definition) is 1. The largest absolute Gasteiger partial charge is 0.312 e. The summed E-state index contributed by atoms with van der Waals surface area (Å²) < 4.78 is 0. The normalized spacial score (nSPS) is 22.0. The summed E-state index contributed by atoms with van der Waals surface area (Å²) in [4.78, 5) is 4.96. The van der Waals surface area contributed by atoms with E-state index < -0.39 is 0 Å². The Morgan fingerprint density at radius 2 is 2.00 bits per heavy atom. The molecule has 0 radical (unpaired) electrons. The molecule has 1 N–H and O–H groups in total. The van der Waals surface area contributed by atoms with Gasteiger partial charge in [-0.3, -0.25) is 0 Å². The lowest BCUT2D eigenvalue weighted by molar-refractivity contribution is 0.267. The molecule has 1 heterocycles. The Morgan fingerprint density at radius 3 is 2.56 bits per heavy atom. The predicted molar refractivity (Wildman–Crippen MR) is 80.1 cm³/mol. The molecule has 0 spiro atoms. The van der Waals surface area contributed by atoms with E-state index in [0.29, 0.717) is 0 Å². The van der Waals surface area contributed by atoms with E-state index in [9.17, 15) is 0 Å². The van der Waals surface area contributed by atoms with Crippen LogP contribution in [0.25, 0.3) is 0 Å². The van der Waals surface area contributed by atoms with Gasteiger partial charge in [-0.25, -0.2) is 0 Å². The summed E-state index contributed by atoms with van der Waals surface area (Å²) in [6.07, 6.45) is 3.97. The van der Waals surface area contributed by atoms with E-state index in [1.165, 1.54) is 45.4 Å². The van der Waals surface area contributed by atoms with Crippen LogP contribution in [-0.4, -0.2) is 62.2 Å². The minimum Gasteiger partial charge on any atom is -0.312 e. The van der Waals surface area contributed by atoms with E-state index in [2.05, 4.69) is 50.0 Å². The van der Waals surface area contributed by atoms with Crippen molar-refractivity contribution in [1.82, 2.24) is 15.1 Å². The van der Waals surface area contributed by atoms with Gasteiger partial charge < -0.3 is 15.1 Å². The molecule has 1 rings (SSSR count). The third-order valence-electron chi connectivity index (χ3n) is 3.68.